The summed E-state index contributed by atoms with van der Waals surface area (Å²) in [7, 11) is 1.64. The van der Waals surface area contributed by atoms with Crippen LogP contribution in [0.3, 0.4) is 0 Å². The molecule has 9 heteroatoms. The maximum atomic E-state index is 13.5. The number of ether oxygens (including phenoxy) is 3. The van der Waals surface area contributed by atoms with Crippen LogP contribution in [0.1, 0.15) is 16.7 Å². The highest BCUT2D eigenvalue weighted by atomic mass is 35.5. The first-order valence-corrected chi connectivity index (χ1v) is 12.2. The van der Waals surface area contributed by atoms with Gasteiger partial charge in [0.25, 0.3) is 5.56 Å². The fourth-order valence-electron chi connectivity index (χ4n) is 3.81. The second-order valence-electron chi connectivity index (χ2n) is 8.56. The number of anilines is 2. The number of methoxy groups -OCH3 is 1. The van der Waals surface area contributed by atoms with Crippen molar-refractivity contribution in [2.24, 2.45) is 4.99 Å². The lowest BCUT2D eigenvalue weighted by atomic mass is 10.2. The van der Waals surface area contributed by atoms with Crippen LogP contribution in [0, 0.1) is 0 Å². The van der Waals surface area contributed by atoms with Crippen LogP contribution in [0.4, 0.5) is 11.6 Å². The van der Waals surface area contributed by atoms with E-state index in [-0.39, 0.29) is 23.6 Å². The molecule has 2 heterocycles. The minimum Gasteiger partial charge on any atom is -0.497 e. The van der Waals surface area contributed by atoms with Crippen LogP contribution in [0.2, 0.25) is 5.02 Å². The maximum Gasteiger partial charge on any atom is 0.267 e. The zero-order valence-corrected chi connectivity index (χ0v) is 21.4. The molecule has 0 amide bonds. The molecule has 0 fully saturated rings. The minimum absolute atomic E-state index is 0.224. The predicted octanol–water partition coefficient (Wildman–Crippen LogP) is 5.57. The number of nitrogens with one attached hydrogen (secondary N) is 1. The summed E-state index contributed by atoms with van der Waals surface area (Å²) in [5.74, 6) is 2.60. The van der Waals surface area contributed by atoms with Crippen molar-refractivity contribution in [1.29, 1.82) is 0 Å². The molecule has 0 saturated heterocycles. The number of hydrogen-bond donors (Lipinski definition) is 1. The van der Waals surface area contributed by atoms with Gasteiger partial charge in [-0.25, -0.2) is 9.98 Å². The van der Waals surface area contributed by atoms with Crippen LogP contribution in [0.5, 0.6) is 11.5 Å². The number of benzene rings is 3. The van der Waals surface area contributed by atoms with Crippen LogP contribution in [0.25, 0.3) is 0 Å². The normalized spacial score (nSPS) is 12.6. The van der Waals surface area contributed by atoms with E-state index in [1.54, 1.807) is 23.8 Å². The lowest BCUT2D eigenvalue weighted by Gasteiger charge is -2.15. The predicted molar refractivity (Wildman–Crippen MR) is 148 cm³/mol. The van der Waals surface area contributed by atoms with Crippen molar-refractivity contribution >= 4 is 29.1 Å². The molecule has 1 N–H and O–H groups in total. The van der Waals surface area contributed by atoms with E-state index in [2.05, 4.69) is 21.9 Å². The van der Waals surface area contributed by atoms with Crippen LogP contribution in [0.15, 0.2) is 101 Å². The van der Waals surface area contributed by atoms with E-state index in [4.69, 9.17) is 25.8 Å². The van der Waals surface area contributed by atoms with Gasteiger partial charge < -0.3 is 19.5 Å². The number of aromatic nitrogens is 2. The molecule has 0 bridgehead atoms. The summed E-state index contributed by atoms with van der Waals surface area (Å²) in [4.78, 5) is 22.3. The molecule has 0 unspecified atom stereocenters. The van der Waals surface area contributed by atoms with Gasteiger partial charge in [-0.2, -0.15) is 0 Å². The van der Waals surface area contributed by atoms with Crippen molar-refractivity contribution in [3.05, 3.63) is 123 Å². The molecule has 4 aromatic rings. The number of nitrogens with zero attached hydrogens (tertiary/aromatic N) is 3. The highest BCUT2D eigenvalue weighted by Crippen LogP contribution is 2.22. The molecule has 1 aliphatic heterocycles. The number of aliphatic imine (C=N–C) groups is 1. The third kappa shape index (κ3) is 5.87. The van der Waals surface area contributed by atoms with E-state index in [1.165, 1.54) is 6.20 Å². The Balaban J connectivity index is 1.36. The second kappa shape index (κ2) is 11.2. The molecule has 0 radical (unpaired) electrons. The topological polar surface area (TPSA) is 87.0 Å². The third-order valence-corrected chi connectivity index (χ3v) is 6.10. The first-order valence-electron chi connectivity index (χ1n) is 11.9. The highest BCUT2D eigenvalue weighted by Gasteiger charge is 2.21. The van der Waals surface area contributed by atoms with E-state index in [0.29, 0.717) is 35.6 Å². The van der Waals surface area contributed by atoms with E-state index in [1.807, 2.05) is 60.7 Å². The van der Waals surface area contributed by atoms with Gasteiger partial charge in [0.15, 0.2) is 0 Å². The highest BCUT2D eigenvalue weighted by molar-refractivity contribution is 6.30. The van der Waals surface area contributed by atoms with Crippen LogP contribution >= 0.6 is 11.6 Å². The van der Waals surface area contributed by atoms with Crippen molar-refractivity contribution in [2.45, 2.75) is 13.2 Å². The Labute approximate surface area is 224 Å². The van der Waals surface area contributed by atoms with Crippen molar-refractivity contribution in [1.82, 2.24) is 9.55 Å². The Hall–Kier alpha value is -4.56. The van der Waals surface area contributed by atoms with Gasteiger partial charge in [-0.1, -0.05) is 42.4 Å². The van der Waals surface area contributed by atoms with Crippen molar-refractivity contribution in [3.8, 4) is 11.5 Å². The molecule has 0 spiro atoms. The number of halogens is 1. The number of rotatable bonds is 9. The molecule has 1 aliphatic rings. The minimum atomic E-state index is -0.287. The van der Waals surface area contributed by atoms with Crippen molar-refractivity contribution in [2.75, 3.05) is 19.0 Å². The van der Waals surface area contributed by atoms with E-state index >= 15 is 0 Å². The molecular formula is C29H25ClN4O4. The van der Waals surface area contributed by atoms with Gasteiger partial charge in [-0.15, -0.1) is 0 Å². The summed E-state index contributed by atoms with van der Waals surface area (Å²) < 4.78 is 18.2. The van der Waals surface area contributed by atoms with E-state index < -0.39 is 0 Å². The van der Waals surface area contributed by atoms with Gasteiger partial charge in [0.1, 0.15) is 36.0 Å². The Morgan fingerprint density at radius 1 is 1.00 bits per heavy atom. The molecule has 3 aromatic carbocycles. The molecule has 0 atom stereocenters. The third-order valence-electron chi connectivity index (χ3n) is 5.85. The Kier molecular flexibility index (Phi) is 7.42. The van der Waals surface area contributed by atoms with Gasteiger partial charge in [0.2, 0.25) is 11.8 Å². The molecule has 0 saturated carbocycles. The Bertz CT molecular complexity index is 1530. The van der Waals surface area contributed by atoms with Crippen molar-refractivity contribution in [3.63, 3.8) is 0 Å². The second-order valence-corrected chi connectivity index (χ2v) is 9.00. The largest absolute Gasteiger partial charge is 0.497 e. The lowest BCUT2D eigenvalue weighted by Crippen LogP contribution is -2.30. The summed E-state index contributed by atoms with van der Waals surface area (Å²) in [5, 5.41) is 3.86. The van der Waals surface area contributed by atoms with Crippen molar-refractivity contribution < 1.29 is 14.2 Å². The lowest BCUT2D eigenvalue weighted by molar-refractivity contribution is 0.306. The summed E-state index contributed by atoms with van der Waals surface area (Å²) in [6.07, 6.45) is 1.47. The molecule has 192 valence electrons. The first kappa shape index (κ1) is 25.1. The molecular weight excluding hydrogens is 504 g/mol. The quantitative estimate of drug-likeness (QED) is 0.306. The summed E-state index contributed by atoms with van der Waals surface area (Å²) in [6, 6.07) is 22.5. The molecule has 5 rings (SSSR count). The van der Waals surface area contributed by atoms with E-state index in [0.717, 1.165) is 22.6 Å². The van der Waals surface area contributed by atoms with Crippen LogP contribution < -0.4 is 20.3 Å². The molecule has 0 aliphatic carbocycles. The molecule has 1 aromatic heterocycles. The SMILES string of the molecule is C=C1CN=C(c2cnc(Nc3ccc(OCc4ccc(OC)cc4)cc3)n(Cc3ccc(Cl)cc3)c2=O)O1. The average Bonchev–Trinajstić information content (AvgIpc) is 3.37. The van der Waals surface area contributed by atoms with Gasteiger partial charge in [-0.05, 0) is 59.7 Å². The fourth-order valence-corrected chi connectivity index (χ4v) is 3.94. The van der Waals surface area contributed by atoms with E-state index in [9.17, 15) is 4.79 Å². The summed E-state index contributed by atoms with van der Waals surface area (Å²) in [5.41, 5.74) is 2.65. The van der Waals surface area contributed by atoms with Crippen LogP contribution in [-0.2, 0) is 17.9 Å². The first-order chi connectivity index (χ1) is 18.5. The van der Waals surface area contributed by atoms with Gasteiger partial charge in [0.05, 0.1) is 13.7 Å². The Morgan fingerprint density at radius 3 is 2.34 bits per heavy atom. The average molecular weight is 529 g/mol. The van der Waals surface area contributed by atoms with Crippen LogP contribution in [-0.4, -0.2) is 29.1 Å². The van der Waals surface area contributed by atoms with Gasteiger partial charge in [0, 0.05) is 16.9 Å². The number of hydrogen-bond acceptors (Lipinski definition) is 7. The van der Waals surface area contributed by atoms with Gasteiger partial charge in [-0.3, -0.25) is 9.36 Å². The molecule has 38 heavy (non-hydrogen) atoms. The maximum absolute atomic E-state index is 13.5. The zero-order chi connectivity index (χ0) is 26.5. The summed E-state index contributed by atoms with van der Waals surface area (Å²) in [6.45, 7) is 4.79. The monoisotopic (exact) mass is 528 g/mol. The smallest absolute Gasteiger partial charge is 0.267 e. The standard InChI is InChI=1S/C29H25ClN4O4/c1-19-15-31-27(38-19)26-16-32-29(34(28(26)35)17-20-3-7-22(30)8-4-20)33-23-9-13-25(14-10-23)37-18-21-5-11-24(36-2)12-6-21/h3-14,16H,1,15,17-18H2,2H3,(H,32,33). The zero-order valence-electron chi connectivity index (χ0n) is 20.7. The molecule has 8 nitrogen and oxygen atoms in total. The summed E-state index contributed by atoms with van der Waals surface area (Å²) >= 11 is 6.04. The fraction of sp³-hybridized carbons (Fsp3) is 0.138. The Morgan fingerprint density at radius 2 is 1.68 bits per heavy atom. The van der Waals surface area contributed by atoms with Gasteiger partial charge >= 0.3 is 0 Å².